The molecular weight excluding hydrogens is 429 g/mol. The minimum atomic E-state index is -5.08. The first-order chi connectivity index (χ1) is 12.2. The van der Waals surface area contributed by atoms with Crippen molar-refractivity contribution in [3.8, 4) is 0 Å². The van der Waals surface area contributed by atoms with Crippen molar-refractivity contribution in [3.63, 3.8) is 0 Å². The molecule has 10 nitrogen and oxygen atoms in total. The number of aliphatic hydroxyl groups excluding tert-OH is 4. The van der Waals surface area contributed by atoms with Crippen LogP contribution >= 0.6 is 11.8 Å². The van der Waals surface area contributed by atoms with Gasteiger partial charge in [-0.05, 0) is 5.56 Å². The number of thioether (sulfide) groups is 1. The molecule has 146 valence electrons. The zero-order valence-corrected chi connectivity index (χ0v) is 19.0. The Labute approximate surface area is 202 Å². The Bertz CT molecular complexity index is 717. The van der Waals surface area contributed by atoms with Crippen LogP contribution in [0.25, 0.3) is 0 Å². The van der Waals surface area contributed by atoms with Gasteiger partial charge >= 0.3 is 51.4 Å². The number of hydrogen-bond donors (Lipinski definition) is 4. The summed E-state index contributed by atoms with van der Waals surface area (Å²) in [6, 6.07) is 8.67. The molecule has 0 aliphatic carbocycles. The third-order valence-electron chi connectivity index (χ3n) is 3.53. The van der Waals surface area contributed by atoms with Gasteiger partial charge in [-0.1, -0.05) is 47.2 Å². The zero-order chi connectivity index (χ0) is 19.3. The second-order valence-electron chi connectivity index (χ2n) is 5.45. The van der Waals surface area contributed by atoms with Gasteiger partial charge in [0.05, 0.1) is 6.61 Å². The van der Waals surface area contributed by atoms with Gasteiger partial charge in [0.2, 0.25) is 0 Å². The number of ether oxygens (including phenoxy) is 1. The fourth-order valence-corrected chi connectivity index (χ4v) is 3.58. The van der Waals surface area contributed by atoms with Crippen LogP contribution in [0, 0.1) is 0 Å². The SMILES string of the molecule is O=S(=O)([O-])O/N=C(/Cc1ccccc1)S[C@@H]1O[C@H](CO)[C@@H](O)[C@H](O)[C@H]1O.[K+]. The first-order valence-corrected chi connectivity index (χ1v) is 9.65. The first-order valence-electron chi connectivity index (χ1n) is 7.43. The van der Waals surface area contributed by atoms with Gasteiger partial charge in [0.25, 0.3) is 10.4 Å². The summed E-state index contributed by atoms with van der Waals surface area (Å²) in [5.41, 5.74) is -0.485. The Morgan fingerprint density at radius 2 is 1.81 bits per heavy atom. The van der Waals surface area contributed by atoms with Crippen LogP contribution < -0.4 is 51.4 Å². The van der Waals surface area contributed by atoms with Crippen LogP contribution in [0.2, 0.25) is 0 Å². The maximum absolute atomic E-state index is 10.7. The van der Waals surface area contributed by atoms with E-state index in [4.69, 9.17) is 4.74 Å². The summed E-state index contributed by atoms with van der Waals surface area (Å²) in [6.45, 7) is -0.612. The molecule has 0 aromatic heterocycles. The number of nitrogens with zero attached hydrogens (tertiary/aromatic N) is 1. The van der Waals surface area contributed by atoms with E-state index in [9.17, 15) is 33.4 Å². The van der Waals surface area contributed by atoms with E-state index in [-0.39, 0.29) is 62.8 Å². The monoisotopic (exact) mass is 447 g/mol. The molecule has 1 heterocycles. The predicted molar refractivity (Wildman–Crippen MR) is 89.7 cm³/mol. The van der Waals surface area contributed by atoms with Crippen LogP contribution in [0.1, 0.15) is 5.56 Å². The molecule has 0 radical (unpaired) electrons. The van der Waals surface area contributed by atoms with Gasteiger partial charge in [-0.15, -0.1) is 0 Å². The molecule has 0 unspecified atom stereocenters. The van der Waals surface area contributed by atoms with Gasteiger partial charge in [0.1, 0.15) is 34.9 Å². The van der Waals surface area contributed by atoms with Crippen LogP contribution in [-0.2, 0) is 25.8 Å². The fourth-order valence-electron chi connectivity index (χ4n) is 2.25. The van der Waals surface area contributed by atoms with E-state index in [1.807, 2.05) is 0 Å². The van der Waals surface area contributed by atoms with Crippen molar-refractivity contribution in [3.05, 3.63) is 35.9 Å². The Kier molecular flexibility index (Phi) is 10.9. The van der Waals surface area contributed by atoms with Crippen LogP contribution in [0.5, 0.6) is 0 Å². The van der Waals surface area contributed by atoms with Crippen LogP contribution in [0.3, 0.4) is 0 Å². The van der Waals surface area contributed by atoms with Gasteiger partial charge in [0.15, 0.2) is 0 Å². The Balaban J connectivity index is 0.00000364. The van der Waals surface area contributed by atoms with E-state index in [1.165, 1.54) is 0 Å². The van der Waals surface area contributed by atoms with Gasteiger partial charge in [-0.2, -0.15) is 8.42 Å². The average molecular weight is 448 g/mol. The summed E-state index contributed by atoms with van der Waals surface area (Å²) < 4.78 is 41.2. The molecule has 0 bridgehead atoms. The summed E-state index contributed by atoms with van der Waals surface area (Å²) >= 11 is 0.701. The van der Waals surface area contributed by atoms with E-state index < -0.39 is 46.9 Å². The van der Waals surface area contributed by atoms with Crippen molar-refractivity contribution < 1.29 is 93.8 Å². The molecule has 1 aliphatic heterocycles. The fraction of sp³-hybridized carbons (Fsp3) is 0.500. The molecule has 13 heteroatoms. The van der Waals surface area contributed by atoms with Gasteiger partial charge < -0.3 is 29.7 Å². The molecule has 1 aromatic carbocycles. The largest absolute Gasteiger partial charge is 1.00 e. The molecule has 1 saturated heterocycles. The number of oxime groups is 1. The normalized spacial score (nSPS) is 29.1. The smallest absolute Gasteiger partial charge is 0.714 e. The minimum absolute atomic E-state index is 0. The molecule has 27 heavy (non-hydrogen) atoms. The summed E-state index contributed by atoms with van der Waals surface area (Å²) in [5.74, 6) is 0. The van der Waals surface area contributed by atoms with E-state index in [0.717, 1.165) is 0 Å². The molecule has 1 aliphatic rings. The molecule has 0 saturated carbocycles. The quantitative estimate of drug-likeness (QED) is 0.0833. The predicted octanol–water partition coefficient (Wildman–Crippen LogP) is -4.44. The third kappa shape index (κ3) is 7.96. The number of benzene rings is 1. The van der Waals surface area contributed by atoms with Crippen LogP contribution in [0.15, 0.2) is 35.5 Å². The summed E-state index contributed by atoms with van der Waals surface area (Å²) in [4.78, 5) is 0. The van der Waals surface area contributed by atoms with Gasteiger partial charge in [-0.3, -0.25) is 4.28 Å². The maximum atomic E-state index is 10.7. The van der Waals surface area contributed by atoms with Gasteiger partial charge in [0, 0.05) is 6.42 Å². The summed E-state index contributed by atoms with van der Waals surface area (Å²) in [7, 11) is -5.08. The topological polar surface area (TPSA) is 169 Å². The summed E-state index contributed by atoms with van der Waals surface area (Å²) in [6.07, 6.45) is -5.76. The van der Waals surface area contributed by atoms with Crippen molar-refractivity contribution in [2.45, 2.75) is 36.3 Å². The Hall–Kier alpha value is 0.386. The average Bonchev–Trinajstić information content (AvgIpc) is 2.60. The first kappa shape index (κ1) is 25.4. The number of hydrogen-bond acceptors (Lipinski definition) is 11. The van der Waals surface area contributed by atoms with Crippen molar-refractivity contribution in [1.29, 1.82) is 0 Å². The molecule has 2 rings (SSSR count). The van der Waals surface area contributed by atoms with Gasteiger partial charge in [-0.25, -0.2) is 0 Å². The maximum Gasteiger partial charge on any atom is 1.00 e. The van der Waals surface area contributed by atoms with Crippen molar-refractivity contribution >= 4 is 27.2 Å². The van der Waals surface area contributed by atoms with E-state index in [1.54, 1.807) is 30.3 Å². The molecule has 1 aromatic rings. The van der Waals surface area contributed by atoms with Crippen LogP contribution in [0.4, 0.5) is 0 Å². The second kappa shape index (κ2) is 11.5. The van der Waals surface area contributed by atoms with E-state index >= 15 is 0 Å². The molecule has 5 atom stereocenters. The Morgan fingerprint density at radius 3 is 2.37 bits per heavy atom. The molecule has 0 amide bonds. The minimum Gasteiger partial charge on any atom is -0.714 e. The zero-order valence-electron chi connectivity index (χ0n) is 14.3. The van der Waals surface area contributed by atoms with Crippen LogP contribution in [-0.4, -0.2) is 74.9 Å². The Morgan fingerprint density at radius 1 is 1.19 bits per heavy atom. The molecule has 1 fully saturated rings. The molecule has 4 N–H and O–H groups in total. The van der Waals surface area contributed by atoms with Crippen molar-refractivity contribution in [2.24, 2.45) is 5.16 Å². The van der Waals surface area contributed by atoms with Crippen molar-refractivity contribution in [2.75, 3.05) is 6.61 Å². The number of rotatable bonds is 6. The summed E-state index contributed by atoms with van der Waals surface area (Å²) in [5, 5.41) is 42.1. The second-order valence-corrected chi connectivity index (χ2v) is 7.58. The standard InChI is InChI=1S/C14H19NO9S2.K/c16-7-9-11(17)12(18)13(19)14(23-9)25-10(15-24-26(20,21)22)6-8-4-2-1-3-5-8;/h1-5,9,11-14,16-19H,6-7H2,(H,20,21,22);/q;+1/p-1/b15-10-;/t9-,11-,12+,13-,14+;/m1./s1. The van der Waals surface area contributed by atoms with E-state index in [2.05, 4.69) is 9.44 Å². The molecular formula is C14H18KNO9S2. The van der Waals surface area contributed by atoms with Crippen molar-refractivity contribution in [1.82, 2.24) is 0 Å². The van der Waals surface area contributed by atoms with E-state index in [0.29, 0.717) is 17.3 Å². The number of aliphatic hydroxyl groups is 4. The molecule has 0 spiro atoms. The third-order valence-corrected chi connectivity index (χ3v) is 4.90.